The van der Waals surface area contributed by atoms with E-state index in [4.69, 9.17) is 19.4 Å². The highest BCUT2D eigenvalue weighted by Crippen LogP contribution is 2.37. The van der Waals surface area contributed by atoms with Gasteiger partial charge in [-0.2, -0.15) is 13.2 Å². The standard InChI is InChI=1S/C18H26N2O3S.C2HF3O2/c21-17(16-2-1-11-24-16)19-14-12-18(23-13-14)5-7-20(8-6-18)15-3-9-22-10-4-15;3-2(4,5)1(6)7/h1-2,11,14-15H,3-10,12-13H2,(H,19,21);(H,6,7). The highest BCUT2D eigenvalue weighted by Gasteiger charge is 2.44. The number of rotatable bonds is 3. The van der Waals surface area contributed by atoms with Crippen LogP contribution >= 0.6 is 11.3 Å². The van der Waals surface area contributed by atoms with E-state index >= 15 is 0 Å². The van der Waals surface area contributed by atoms with Crippen LogP contribution < -0.4 is 5.32 Å². The summed E-state index contributed by atoms with van der Waals surface area (Å²) in [5, 5.41) is 12.2. The highest BCUT2D eigenvalue weighted by atomic mass is 32.1. The molecule has 1 spiro atoms. The second kappa shape index (κ2) is 10.3. The number of likely N-dealkylation sites (tertiary alicyclic amines) is 1. The fourth-order valence-electron chi connectivity index (χ4n) is 4.30. The molecule has 31 heavy (non-hydrogen) atoms. The lowest BCUT2D eigenvalue weighted by molar-refractivity contribution is -0.192. The number of carboxylic acids is 1. The monoisotopic (exact) mass is 464 g/mol. The average molecular weight is 465 g/mol. The Morgan fingerprint density at radius 2 is 1.87 bits per heavy atom. The van der Waals surface area contributed by atoms with Crippen LogP contribution in [0.4, 0.5) is 13.2 Å². The van der Waals surface area contributed by atoms with Gasteiger partial charge in [-0.15, -0.1) is 11.3 Å². The molecule has 3 aliphatic heterocycles. The number of alkyl halides is 3. The van der Waals surface area contributed by atoms with Crippen LogP contribution in [0.3, 0.4) is 0 Å². The van der Waals surface area contributed by atoms with Gasteiger partial charge in [0.1, 0.15) is 0 Å². The first-order valence-electron chi connectivity index (χ1n) is 10.3. The lowest BCUT2D eigenvalue weighted by Crippen LogP contribution is -2.49. The minimum Gasteiger partial charge on any atom is -0.475 e. The largest absolute Gasteiger partial charge is 0.490 e. The zero-order valence-corrected chi connectivity index (χ0v) is 17.8. The predicted octanol–water partition coefficient (Wildman–Crippen LogP) is 2.91. The van der Waals surface area contributed by atoms with Crippen LogP contribution in [0.2, 0.25) is 0 Å². The number of carbonyl (C=O) groups is 2. The van der Waals surface area contributed by atoms with Gasteiger partial charge < -0.3 is 19.9 Å². The number of piperidine rings is 1. The molecule has 11 heteroatoms. The average Bonchev–Trinajstić information content (AvgIpc) is 3.40. The molecular formula is C20H27F3N2O5S. The minimum atomic E-state index is -5.08. The van der Waals surface area contributed by atoms with Gasteiger partial charge in [0, 0.05) is 32.3 Å². The van der Waals surface area contributed by atoms with Crippen LogP contribution in [0.15, 0.2) is 17.5 Å². The molecule has 3 saturated heterocycles. The molecule has 3 aliphatic rings. The first-order valence-corrected chi connectivity index (χ1v) is 11.2. The van der Waals surface area contributed by atoms with Crippen molar-refractivity contribution in [1.82, 2.24) is 10.2 Å². The zero-order valence-electron chi connectivity index (χ0n) is 17.0. The lowest BCUT2D eigenvalue weighted by atomic mass is 9.86. The highest BCUT2D eigenvalue weighted by molar-refractivity contribution is 7.12. The molecule has 0 saturated carbocycles. The summed E-state index contributed by atoms with van der Waals surface area (Å²) in [4.78, 5) is 24.5. The van der Waals surface area contributed by atoms with E-state index in [1.54, 1.807) is 0 Å². The SMILES string of the molecule is O=C(NC1COC2(CCN(C3CCOCC3)CC2)C1)c1cccs1.O=C(O)C(F)(F)F. The molecule has 0 aromatic carbocycles. The topological polar surface area (TPSA) is 88.1 Å². The Morgan fingerprint density at radius 3 is 2.42 bits per heavy atom. The number of carboxylic acid groups (broad SMARTS) is 1. The second-order valence-corrected chi connectivity index (χ2v) is 8.98. The molecule has 1 aromatic rings. The molecule has 1 amide bonds. The lowest BCUT2D eigenvalue weighted by Gasteiger charge is -2.43. The number of hydrogen-bond donors (Lipinski definition) is 2. The number of amides is 1. The molecule has 0 radical (unpaired) electrons. The number of nitrogens with one attached hydrogen (secondary N) is 1. The molecule has 2 N–H and O–H groups in total. The van der Waals surface area contributed by atoms with Gasteiger partial charge in [0.05, 0.1) is 23.1 Å². The number of halogens is 3. The van der Waals surface area contributed by atoms with Crippen molar-refractivity contribution in [2.24, 2.45) is 0 Å². The molecule has 0 aliphatic carbocycles. The van der Waals surface area contributed by atoms with Crippen LogP contribution in [0, 0.1) is 0 Å². The Bertz CT molecular complexity index is 730. The molecule has 7 nitrogen and oxygen atoms in total. The number of nitrogens with zero attached hydrogens (tertiary/aromatic N) is 1. The van der Waals surface area contributed by atoms with E-state index in [1.807, 2.05) is 17.5 Å². The second-order valence-electron chi connectivity index (χ2n) is 8.03. The summed E-state index contributed by atoms with van der Waals surface area (Å²) in [7, 11) is 0. The quantitative estimate of drug-likeness (QED) is 0.715. The molecule has 4 rings (SSSR count). The Kier molecular flexibility index (Phi) is 7.95. The van der Waals surface area contributed by atoms with Gasteiger partial charge in [-0.1, -0.05) is 6.07 Å². The van der Waals surface area contributed by atoms with Crippen molar-refractivity contribution in [2.75, 3.05) is 32.9 Å². The van der Waals surface area contributed by atoms with E-state index in [1.165, 1.54) is 11.3 Å². The van der Waals surface area contributed by atoms with E-state index in [9.17, 15) is 18.0 Å². The van der Waals surface area contributed by atoms with Gasteiger partial charge in [-0.25, -0.2) is 4.79 Å². The van der Waals surface area contributed by atoms with E-state index in [0.29, 0.717) is 12.6 Å². The molecule has 0 bridgehead atoms. The smallest absolute Gasteiger partial charge is 0.475 e. The third-order valence-corrected chi connectivity index (χ3v) is 6.82. The normalized spacial score (nSPS) is 24.4. The van der Waals surface area contributed by atoms with Crippen molar-refractivity contribution in [1.29, 1.82) is 0 Å². The fourth-order valence-corrected chi connectivity index (χ4v) is 4.92. The Labute approximate surface area is 182 Å². The van der Waals surface area contributed by atoms with Gasteiger partial charge in [0.25, 0.3) is 5.91 Å². The van der Waals surface area contributed by atoms with Gasteiger partial charge in [-0.3, -0.25) is 9.69 Å². The third kappa shape index (κ3) is 6.64. The number of carbonyl (C=O) groups excluding carboxylic acids is 1. The van der Waals surface area contributed by atoms with E-state index in [2.05, 4.69) is 10.2 Å². The predicted molar refractivity (Wildman–Crippen MR) is 107 cm³/mol. The van der Waals surface area contributed by atoms with Gasteiger partial charge >= 0.3 is 12.1 Å². The molecule has 4 heterocycles. The van der Waals surface area contributed by atoms with Gasteiger partial charge in [0.15, 0.2) is 0 Å². The van der Waals surface area contributed by atoms with Gasteiger partial charge in [0.2, 0.25) is 0 Å². The van der Waals surface area contributed by atoms with Crippen molar-refractivity contribution in [3.05, 3.63) is 22.4 Å². The number of aliphatic carboxylic acids is 1. The van der Waals surface area contributed by atoms with Crippen LogP contribution in [0.25, 0.3) is 0 Å². The molecule has 174 valence electrons. The Balaban J connectivity index is 0.000000339. The maximum Gasteiger partial charge on any atom is 0.490 e. The zero-order chi connectivity index (χ0) is 22.5. The first-order chi connectivity index (χ1) is 14.7. The summed E-state index contributed by atoms with van der Waals surface area (Å²) in [6.45, 7) is 4.67. The number of hydrogen-bond acceptors (Lipinski definition) is 6. The number of ether oxygens (including phenoxy) is 2. The summed E-state index contributed by atoms with van der Waals surface area (Å²) in [5.41, 5.74) is -0.0188. The maximum atomic E-state index is 12.2. The Hall–Kier alpha value is -1.69. The Morgan fingerprint density at radius 1 is 1.23 bits per heavy atom. The summed E-state index contributed by atoms with van der Waals surface area (Å²) in [6.07, 6.45) is 0.345. The van der Waals surface area contributed by atoms with Crippen LogP contribution in [0.1, 0.15) is 41.8 Å². The van der Waals surface area contributed by atoms with Gasteiger partial charge in [-0.05, 0) is 43.6 Å². The van der Waals surface area contributed by atoms with Crippen molar-refractivity contribution >= 4 is 23.2 Å². The van der Waals surface area contributed by atoms with Crippen LogP contribution in [-0.2, 0) is 14.3 Å². The van der Waals surface area contributed by atoms with E-state index in [0.717, 1.165) is 63.3 Å². The first kappa shape index (κ1) is 24.0. The fraction of sp³-hybridized carbons (Fsp3) is 0.700. The van der Waals surface area contributed by atoms with E-state index in [-0.39, 0.29) is 17.6 Å². The maximum absolute atomic E-state index is 12.2. The molecule has 1 unspecified atom stereocenters. The van der Waals surface area contributed by atoms with E-state index < -0.39 is 12.1 Å². The molecule has 1 aromatic heterocycles. The number of thiophene rings is 1. The third-order valence-electron chi connectivity index (χ3n) is 5.95. The summed E-state index contributed by atoms with van der Waals surface area (Å²) in [6, 6.07) is 4.62. The van der Waals surface area contributed by atoms with Crippen LogP contribution in [-0.4, -0.2) is 78.7 Å². The molecule has 3 fully saturated rings. The summed E-state index contributed by atoms with van der Waals surface area (Å²) >= 11 is 1.49. The van der Waals surface area contributed by atoms with Crippen molar-refractivity contribution in [3.63, 3.8) is 0 Å². The summed E-state index contributed by atoms with van der Waals surface area (Å²) < 4.78 is 43.4. The molecular weight excluding hydrogens is 437 g/mol. The summed E-state index contributed by atoms with van der Waals surface area (Å²) in [5.74, 6) is -2.72. The van der Waals surface area contributed by atoms with Crippen molar-refractivity contribution in [3.8, 4) is 0 Å². The van der Waals surface area contributed by atoms with Crippen LogP contribution in [0.5, 0.6) is 0 Å². The minimum absolute atomic E-state index is 0.0188. The van der Waals surface area contributed by atoms with Crippen molar-refractivity contribution in [2.45, 2.75) is 56.0 Å². The molecule has 1 atom stereocenters. The van der Waals surface area contributed by atoms with Crippen molar-refractivity contribution < 1.29 is 37.3 Å².